The van der Waals surface area contributed by atoms with Gasteiger partial charge in [-0.15, -0.1) is 0 Å². The number of hydrogen-bond acceptors (Lipinski definition) is 3. The van der Waals surface area contributed by atoms with Gasteiger partial charge in [-0.05, 0) is 18.3 Å². The van der Waals surface area contributed by atoms with Crippen molar-refractivity contribution in [3.05, 3.63) is 12.2 Å². The van der Waals surface area contributed by atoms with E-state index in [0.717, 1.165) is 6.61 Å². The predicted molar refractivity (Wildman–Crippen MR) is 65.4 cm³/mol. The average Bonchev–Trinajstić information content (AvgIpc) is 2.55. The minimum absolute atomic E-state index is 0.0428. The van der Waals surface area contributed by atoms with Crippen LogP contribution >= 0.6 is 0 Å². The molecule has 1 saturated heterocycles. The summed E-state index contributed by atoms with van der Waals surface area (Å²) < 4.78 is 11.0. The Morgan fingerprint density at radius 1 is 1.47 bits per heavy atom. The quantitative estimate of drug-likeness (QED) is 0.547. The molecule has 2 aliphatic rings. The Hall–Kier alpha value is -0.830. The maximum Gasteiger partial charge on any atom is 0.309 e. The summed E-state index contributed by atoms with van der Waals surface area (Å²) in [5.41, 5.74) is 0.0428. The van der Waals surface area contributed by atoms with Crippen LogP contribution in [0.2, 0.25) is 0 Å². The van der Waals surface area contributed by atoms with Gasteiger partial charge >= 0.3 is 5.97 Å². The molecule has 4 atom stereocenters. The number of allylic oxidation sites excluding steroid dienone is 1. The first-order chi connectivity index (χ1) is 7.97. The van der Waals surface area contributed by atoms with Crippen molar-refractivity contribution < 1.29 is 14.3 Å². The molecule has 1 heterocycles. The molecule has 1 aliphatic carbocycles. The van der Waals surface area contributed by atoms with Gasteiger partial charge in [0, 0.05) is 5.92 Å². The molecule has 3 heteroatoms. The molecule has 0 saturated carbocycles. The van der Waals surface area contributed by atoms with Gasteiger partial charge in [-0.2, -0.15) is 0 Å². The molecule has 0 N–H and O–H groups in total. The maximum atomic E-state index is 12.1. The van der Waals surface area contributed by atoms with Gasteiger partial charge in [0.2, 0.25) is 0 Å². The Bertz CT molecular complexity index is 332. The van der Waals surface area contributed by atoms with Crippen LogP contribution in [0, 0.1) is 23.2 Å². The van der Waals surface area contributed by atoms with Crippen LogP contribution in [0.25, 0.3) is 0 Å². The molecule has 96 valence electrons. The van der Waals surface area contributed by atoms with E-state index in [2.05, 4.69) is 32.9 Å². The highest BCUT2D eigenvalue weighted by Crippen LogP contribution is 2.48. The third-order valence-electron chi connectivity index (χ3n) is 4.02. The van der Waals surface area contributed by atoms with Gasteiger partial charge in [-0.3, -0.25) is 4.79 Å². The van der Waals surface area contributed by atoms with Crippen LogP contribution in [0.5, 0.6) is 0 Å². The Morgan fingerprint density at radius 2 is 2.18 bits per heavy atom. The van der Waals surface area contributed by atoms with Gasteiger partial charge in [0.1, 0.15) is 0 Å². The summed E-state index contributed by atoms with van der Waals surface area (Å²) in [4.78, 5) is 12.1. The first-order valence-corrected chi connectivity index (χ1v) is 6.44. The largest absolute Gasteiger partial charge is 0.466 e. The third kappa shape index (κ3) is 2.13. The van der Waals surface area contributed by atoms with Crippen molar-refractivity contribution in [3.8, 4) is 0 Å². The lowest BCUT2D eigenvalue weighted by molar-refractivity contribution is -0.154. The summed E-state index contributed by atoms with van der Waals surface area (Å²) in [7, 11) is 0. The third-order valence-corrected chi connectivity index (χ3v) is 4.02. The summed E-state index contributed by atoms with van der Waals surface area (Å²) in [5, 5.41) is 0. The van der Waals surface area contributed by atoms with Crippen molar-refractivity contribution in [2.24, 2.45) is 23.2 Å². The molecule has 3 nitrogen and oxygen atoms in total. The molecular weight excluding hydrogens is 216 g/mol. The van der Waals surface area contributed by atoms with Crippen LogP contribution in [-0.4, -0.2) is 25.3 Å². The molecule has 0 radical (unpaired) electrons. The van der Waals surface area contributed by atoms with Crippen molar-refractivity contribution in [1.29, 1.82) is 0 Å². The number of esters is 1. The molecule has 0 aromatic carbocycles. The Balaban J connectivity index is 2.28. The Kier molecular flexibility index (Phi) is 3.30. The molecule has 0 aromatic heterocycles. The smallest absolute Gasteiger partial charge is 0.309 e. The van der Waals surface area contributed by atoms with E-state index in [1.807, 2.05) is 6.92 Å². The number of ether oxygens (including phenoxy) is 2. The van der Waals surface area contributed by atoms with Gasteiger partial charge in [-0.1, -0.05) is 32.9 Å². The molecule has 0 spiro atoms. The molecule has 1 fully saturated rings. The minimum Gasteiger partial charge on any atom is -0.466 e. The molecule has 17 heavy (non-hydrogen) atoms. The molecule has 0 unspecified atom stereocenters. The van der Waals surface area contributed by atoms with Crippen LogP contribution in [0.3, 0.4) is 0 Å². The van der Waals surface area contributed by atoms with Crippen LogP contribution < -0.4 is 0 Å². The van der Waals surface area contributed by atoms with Crippen molar-refractivity contribution in [2.75, 3.05) is 13.2 Å². The zero-order valence-electron chi connectivity index (χ0n) is 11.1. The molecular formula is C14H22O3. The van der Waals surface area contributed by atoms with Gasteiger partial charge < -0.3 is 9.47 Å². The SMILES string of the molecule is CCOC(=O)[C@H]1[C@H]2[C@H](C=C[C@@H]1C)OCC2(C)C. The molecule has 2 rings (SSSR count). The first-order valence-electron chi connectivity index (χ1n) is 6.44. The lowest BCUT2D eigenvalue weighted by Gasteiger charge is -2.38. The van der Waals surface area contributed by atoms with Crippen LogP contribution in [0.4, 0.5) is 0 Å². The van der Waals surface area contributed by atoms with Crippen molar-refractivity contribution in [1.82, 2.24) is 0 Å². The Morgan fingerprint density at radius 3 is 2.82 bits per heavy atom. The molecule has 0 amide bonds. The van der Waals surface area contributed by atoms with Gasteiger partial charge in [-0.25, -0.2) is 0 Å². The number of fused-ring (bicyclic) bond motifs is 1. The van der Waals surface area contributed by atoms with E-state index >= 15 is 0 Å². The molecule has 1 aliphatic heterocycles. The summed E-state index contributed by atoms with van der Waals surface area (Å²) >= 11 is 0. The van der Waals surface area contributed by atoms with E-state index < -0.39 is 0 Å². The van der Waals surface area contributed by atoms with Crippen LogP contribution in [0.1, 0.15) is 27.7 Å². The van der Waals surface area contributed by atoms with Crippen molar-refractivity contribution >= 4 is 5.97 Å². The highest BCUT2D eigenvalue weighted by Gasteiger charge is 2.52. The van der Waals surface area contributed by atoms with Gasteiger partial charge in [0.05, 0.1) is 25.2 Å². The number of carbonyl (C=O) groups is 1. The second kappa shape index (κ2) is 4.45. The highest BCUT2D eigenvalue weighted by atomic mass is 16.5. The fraction of sp³-hybridized carbons (Fsp3) is 0.786. The van der Waals surface area contributed by atoms with E-state index in [4.69, 9.17) is 9.47 Å². The first kappa shape index (κ1) is 12.6. The van der Waals surface area contributed by atoms with E-state index in [0.29, 0.717) is 6.61 Å². The lowest BCUT2D eigenvalue weighted by Crippen LogP contribution is -2.43. The standard InChI is InChI=1S/C14H22O3/c1-5-16-13(15)11-9(2)6-7-10-12(11)14(3,4)8-17-10/h6-7,9-12H,5,8H2,1-4H3/t9-,10-,11+,12+/m0/s1. The van der Waals surface area contributed by atoms with Gasteiger partial charge in [0.15, 0.2) is 0 Å². The fourth-order valence-electron chi connectivity index (χ4n) is 3.15. The van der Waals surface area contributed by atoms with E-state index in [1.54, 1.807) is 0 Å². The average molecular weight is 238 g/mol. The molecule has 0 aromatic rings. The van der Waals surface area contributed by atoms with Crippen molar-refractivity contribution in [3.63, 3.8) is 0 Å². The summed E-state index contributed by atoms with van der Waals surface area (Å²) in [6, 6.07) is 0. The number of rotatable bonds is 2. The fourth-order valence-corrected chi connectivity index (χ4v) is 3.15. The van der Waals surface area contributed by atoms with Gasteiger partial charge in [0.25, 0.3) is 0 Å². The lowest BCUT2D eigenvalue weighted by atomic mass is 9.65. The summed E-state index contributed by atoms with van der Waals surface area (Å²) in [5.74, 6) is 0.332. The van der Waals surface area contributed by atoms with E-state index in [1.165, 1.54) is 0 Å². The van der Waals surface area contributed by atoms with E-state index in [9.17, 15) is 4.79 Å². The maximum absolute atomic E-state index is 12.1. The Labute approximate surface area is 103 Å². The normalized spacial score (nSPS) is 38.8. The zero-order valence-corrected chi connectivity index (χ0v) is 11.1. The number of carbonyl (C=O) groups excluding carboxylic acids is 1. The molecule has 0 bridgehead atoms. The number of hydrogen-bond donors (Lipinski definition) is 0. The van der Waals surface area contributed by atoms with Crippen LogP contribution in [-0.2, 0) is 14.3 Å². The summed E-state index contributed by atoms with van der Waals surface area (Å²) in [6.45, 7) is 9.46. The monoisotopic (exact) mass is 238 g/mol. The second-order valence-electron chi connectivity index (χ2n) is 5.81. The highest BCUT2D eigenvalue weighted by molar-refractivity contribution is 5.74. The zero-order chi connectivity index (χ0) is 12.6. The second-order valence-corrected chi connectivity index (χ2v) is 5.81. The van der Waals surface area contributed by atoms with Crippen LogP contribution in [0.15, 0.2) is 12.2 Å². The van der Waals surface area contributed by atoms with E-state index in [-0.39, 0.29) is 35.2 Å². The van der Waals surface area contributed by atoms with Crippen molar-refractivity contribution in [2.45, 2.75) is 33.8 Å². The minimum atomic E-state index is -0.0714. The topological polar surface area (TPSA) is 35.5 Å². The predicted octanol–water partition coefficient (Wildman–Crippen LogP) is 2.41. The summed E-state index contributed by atoms with van der Waals surface area (Å²) in [6.07, 6.45) is 4.28.